The summed E-state index contributed by atoms with van der Waals surface area (Å²) in [7, 11) is 3.61. The smallest absolute Gasteiger partial charge is 0.408 e. The molecule has 5 atom stereocenters. The number of hydrogen-bond acceptors (Lipinski definition) is 25. The summed E-state index contributed by atoms with van der Waals surface area (Å²) in [5.74, 6) is -4.87. The number of carboxylic acid groups (broad SMARTS) is 3. The number of rotatable bonds is 17. The molecule has 5 aromatic carbocycles. The molecule has 16 N–H and O–H groups in total. The van der Waals surface area contributed by atoms with Crippen LogP contribution in [-0.4, -0.2) is 190 Å². The minimum atomic E-state index is -1.30. The number of carbonyl (C=O) groups is 10. The number of likely N-dealkylation sites (N-methyl/N-ethyl adjacent to an activating group) is 2. The predicted molar refractivity (Wildman–Crippen MR) is 408 cm³/mol. The number of nitrogens with two attached hydrogens (primary N) is 2. The summed E-state index contributed by atoms with van der Waals surface area (Å²) < 4.78 is 37.6. The second-order valence-electron chi connectivity index (χ2n) is 28.8. The van der Waals surface area contributed by atoms with Crippen molar-refractivity contribution >= 4 is 111 Å². The summed E-state index contributed by atoms with van der Waals surface area (Å²) in [5.41, 5.74) is 11.5. The van der Waals surface area contributed by atoms with Crippen LogP contribution in [0.5, 0.6) is 0 Å². The summed E-state index contributed by atoms with van der Waals surface area (Å²) in [6.07, 6.45) is -3.63. The molecular weight excluding hydrogens is 1450 g/mol. The molecule has 0 aliphatic carbocycles. The Morgan fingerprint density at radius 2 is 0.882 bits per heavy atom. The van der Waals surface area contributed by atoms with E-state index in [9.17, 15) is 72.6 Å². The van der Waals surface area contributed by atoms with Gasteiger partial charge in [-0.1, -0.05) is 60.7 Å². The zero-order valence-corrected chi connectivity index (χ0v) is 64.4. The third-order valence-corrected chi connectivity index (χ3v) is 13.4. The highest BCUT2D eigenvalue weighted by Crippen LogP contribution is 2.31. The van der Waals surface area contributed by atoms with E-state index in [-0.39, 0.29) is 42.8 Å². The van der Waals surface area contributed by atoms with Crippen molar-refractivity contribution in [1.29, 1.82) is 0 Å². The van der Waals surface area contributed by atoms with Crippen molar-refractivity contribution in [2.24, 2.45) is 5.73 Å². The first-order chi connectivity index (χ1) is 50.8. The van der Waals surface area contributed by atoms with Crippen LogP contribution in [0, 0.1) is 26.0 Å². The molecule has 0 fully saturated rings. The number of halogens is 1. The summed E-state index contributed by atoms with van der Waals surface area (Å²) in [6.45, 7) is 26.0. The van der Waals surface area contributed by atoms with Gasteiger partial charge in [0.05, 0.1) is 44.0 Å². The number of para-hydroxylation sites is 9. The van der Waals surface area contributed by atoms with Crippen molar-refractivity contribution in [3.8, 4) is 0 Å². The molecule has 0 bridgehead atoms. The van der Waals surface area contributed by atoms with E-state index >= 15 is 0 Å². The monoisotopic (exact) mass is 1550 g/mol. The van der Waals surface area contributed by atoms with E-state index in [2.05, 4.69) is 47.9 Å². The molecule has 110 heavy (non-hydrogen) atoms. The van der Waals surface area contributed by atoms with Gasteiger partial charge >= 0.3 is 54.1 Å². The minimum Gasteiger partial charge on any atom is -0.480 e. The Bertz CT molecular complexity index is 3970. The zero-order valence-electron chi connectivity index (χ0n) is 64.4. The largest absolute Gasteiger partial charge is 0.480 e. The number of amides is 7. The molecule has 0 saturated carbocycles. The topological polar surface area (TPSA) is 531 Å². The minimum absolute atomic E-state index is 0.0111. The van der Waals surface area contributed by atoms with Gasteiger partial charge in [-0.15, -0.1) is 0 Å². The van der Waals surface area contributed by atoms with Gasteiger partial charge in [0.1, 0.15) is 63.9 Å². The number of alkyl carbamates (subject to hydrolysis) is 5. The lowest BCUT2D eigenvalue weighted by atomic mass is 10.2. The maximum atomic E-state index is 12.6. The molecule has 2 aliphatic heterocycles. The molecular formula is C72H102FN15O22. The van der Waals surface area contributed by atoms with Gasteiger partial charge in [0.2, 0.25) is 11.7 Å². The van der Waals surface area contributed by atoms with Crippen LogP contribution in [0.3, 0.4) is 0 Å². The summed E-state index contributed by atoms with van der Waals surface area (Å²) >= 11 is 0. The van der Waals surface area contributed by atoms with Gasteiger partial charge in [-0.3, -0.25) is 29.8 Å². The summed E-state index contributed by atoms with van der Waals surface area (Å²) in [5, 5.41) is 71.0. The molecule has 37 nitrogen and oxygen atoms in total. The van der Waals surface area contributed by atoms with Gasteiger partial charge in [0.15, 0.2) is 0 Å². The fraction of sp³-hybridized carbons (Fsp3) is 0.444. The van der Waals surface area contributed by atoms with E-state index in [0.717, 1.165) is 29.2 Å². The zero-order chi connectivity index (χ0) is 83.8. The number of nitrogens with zero attached hydrogens (tertiary/aromatic N) is 4. The molecule has 0 spiro atoms. The van der Waals surface area contributed by atoms with Crippen LogP contribution in [0.4, 0.5) is 79.5 Å². The molecule has 0 radical (unpaired) electrons. The molecule has 604 valence electrons. The molecule has 2 heterocycles. The molecule has 0 unspecified atom stereocenters. The van der Waals surface area contributed by atoms with Crippen LogP contribution < -0.4 is 69.1 Å². The number of hydrogen-bond donors (Lipinski definition) is 14. The normalized spacial score (nSPS) is 14.4. The number of benzene rings is 5. The lowest BCUT2D eigenvalue weighted by molar-refractivity contribution is -0.387. The SMILES string of the molecule is CC(C)(C)OC(=O)N[C@@H]1CNc2ccccc2NC1=O.CC(C)(C)OC(=O)N[C@H](CN)C(=O)O.CC(C)(C)OC(=O)N[C@H](CNc1ccccc1N)C(=O)O.CC(C)(C)OC(=O)N[C@H](CNc1ccccc1[N+](=O)[O-])C(=O)O.CN1C[C@@H](NC(=O)OC(C)(C)C)C(=O)N(C)c2ccccc21.O=[N+]([O-])c1ccccc1F. The number of aliphatic carboxylic acids is 3. The third-order valence-electron chi connectivity index (χ3n) is 13.4. The maximum Gasteiger partial charge on any atom is 0.408 e. The number of nitrogens with one attached hydrogen (secondary N) is 9. The van der Waals surface area contributed by atoms with Crippen molar-refractivity contribution < 1.29 is 101 Å². The second-order valence-corrected chi connectivity index (χ2v) is 28.8. The number of anilines is 7. The van der Waals surface area contributed by atoms with Crippen LogP contribution in [0.25, 0.3) is 0 Å². The highest BCUT2D eigenvalue weighted by molar-refractivity contribution is 6.03. The Morgan fingerprint density at radius 1 is 0.518 bits per heavy atom. The predicted octanol–water partition coefficient (Wildman–Crippen LogP) is 9.24. The van der Waals surface area contributed by atoms with Crippen LogP contribution >= 0.6 is 0 Å². The van der Waals surface area contributed by atoms with Crippen molar-refractivity contribution in [3.63, 3.8) is 0 Å². The average molecular weight is 1550 g/mol. The van der Waals surface area contributed by atoms with Gasteiger partial charge in [0.25, 0.3) is 11.6 Å². The fourth-order valence-corrected chi connectivity index (χ4v) is 8.70. The van der Waals surface area contributed by atoms with E-state index in [1.54, 1.807) is 152 Å². The van der Waals surface area contributed by atoms with Crippen molar-refractivity contribution in [2.75, 3.05) is 83.6 Å². The molecule has 0 aromatic heterocycles. The van der Waals surface area contributed by atoms with Crippen LogP contribution in [0.1, 0.15) is 104 Å². The Balaban J connectivity index is 0.000000455. The highest BCUT2D eigenvalue weighted by atomic mass is 19.1. The maximum absolute atomic E-state index is 12.6. The molecule has 7 amide bonds. The average Bonchev–Trinajstić information content (AvgIpc) is 1.66. The Labute approximate surface area is 635 Å². The highest BCUT2D eigenvalue weighted by Gasteiger charge is 2.34. The number of nitro benzene ring substituents is 2. The van der Waals surface area contributed by atoms with Gasteiger partial charge in [0, 0.05) is 59.0 Å². The number of ether oxygens (including phenoxy) is 5. The Hall–Kier alpha value is -12.5. The van der Waals surface area contributed by atoms with Crippen LogP contribution in [-0.2, 0) is 47.7 Å². The van der Waals surface area contributed by atoms with E-state index in [1.165, 1.54) is 30.3 Å². The molecule has 0 saturated heterocycles. The molecule has 2 aliphatic rings. The van der Waals surface area contributed by atoms with Gasteiger partial charge < -0.3 is 108 Å². The number of fused-ring (bicyclic) bond motifs is 2. The van der Waals surface area contributed by atoms with Gasteiger partial charge in [-0.05, 0) is 152 Å². The third kappa shape index (κ3) is 36.7. The van der Waals surface area contributed by atoms with E-state index in [0.29, 0.717) is 30.2 Å². The van der Waals surface area contributed by atoms with Crippen LogP contribution in [0.2, 0.25) is 0 Å². The first kappa shape index (κ1) is 93.6. The van der Waals surface area contributed by atoms with Gasteiger partial charge in [-0.2, -0.15) is 4.39 Å². The van der Waals surface area contributed by atoms with Crippen LogP contribution in [0.15, 0.2) is 121 Å². The number of carboxylic acids is 3. The Kier molecular flexibility index (Phi) is 36.3. The van der Waals surface area contributed by atoms with E-state index in [4.69, 9.17) is 50.5 Å². The number of carbonyl (C=O) groups excluding carboxylic acids is 7. The Morgan fingerprint density at radius 3 is 1.30 bits per heavy atom. The molecule has 38 heteroatoms. The summed E-state index contributed by atoms with van der Waals surface area (Å²) in [6, 6.07) is 27.9. The first-order valence-corrected chi connectivity index (χ1v) is 33.8. The summed E-state index contributed by atoms with van der Waals surface area (Å²) in [4.78, 5) is 139. The lowest BCUT2D eigenvalue weighted by Crippen LogP contribution is -2.51. The van der Waals surface area contributed by atoms with Crippen molar-refractivity contribution in [1.82, 2.24) is 26.6 Å². The fourth-order valence-electron chi connectivity index (χ4n) is 8.70. The second kappa shape index (κ2) is 42.7. The van der Waals surface area contributed by atoms with E-state index < -0.39 is 128 Å². The molecule has 5 aromatic rings. The quantitative estimate of drug-likeness (QED) is 0.0178. The molecule has 7 rings (SSSR count). The van der Waals surface area contributed by atoms with Gasteiger partial charge in [-0.25, -0.2) is 38.4 Å². The van der Waals surface area contributed by atoms with Crippen molar-refractivity contribution in [2.45, 2.75) is 162 Å². The first-order valence-electron chi connectivity index (χ1n) is 33.8. The number of nitro groups is 2. The standard InChI is InChI=1S/C16H23N3O3.C14H19N3O6.C14H21N3O4.C14H19N3O3.C8H16N2O4.C6H4FNO2/c1-16(2,3)22-15(21)17-11-10-18(4)12-8-6-7-9-13(12)19(5)14(11)20;1-14(2,3)23-13(20)16-10(12(18)19)8-15-9-6-4-5-7-11(9)17(21)22;1-14(2,3)21-13(20)17-11(12(18)19)8-16-10-7-5-4-6-9(10)15;1-14(2,3)20-13(19)17-11-8-15-9-6-4-5-7-10(9)16-12(11)18;1-8(2,3)14-7(13)10-5(4-9)6(11)12;7-5-3-1-2-4-6(5)8(9)10/h6-9,11H,10H2,1-5H3,(H,17,21);4-7,10,15H,8H2,1-3H3,(H,16,20)(H,18,19);4-7,11,16H,8,15H2,1-3H3,(H,17,20)(H,18,19);4-7,11,15H,8H2,1-3H3,(H,16,18)(H,17,19);5H,4,9H2,1-3H3,(H,10,13)(H,11,12);1-4H/t11-;10-;2*11-;5-;/m11111./s1. The number of nitrogen functional groups attached to an aromatic ring is 1. The van der Waals surface area contributed by atoms with E-state index in [1.807, 2.05) is 54.4 Å². The van der Waals surface area contributed by atoms with Crippen molar-refractivity contribution in [3.05, 3.63) is 147 Å². The lowest BCUT2D eigenvalue weighted by Gasteiger charge is -2.25.